The normalized spacial score (nSPS) is 11.8. The van der Waals surface area contributed by atoms with Crippen molar-refractivity contribution in [3.63, 3.8) is 0 Å². The number of carbonyl (C=O) groups excluding carboxylic acids is 2. The number of hydrogen-bond acceptors (Lipinski definition) is 3. The third-order valence-corrected chi connectivity index (χ3v) is 4.70. The van der Waals surface area contributed by atoms with E-state index in [0.29, 0.717) is 21.2 Å². The minimum absolute atomic E-state index is 0.0418. The first kappa shape index (κ1) is 22.9. The minimum Gasteiger partial charge on any atom is -0.268 e. The maximum absolute atomic E-state index is 12.3. The van der Waals surface area contributed by atoms with E-state index >= 15 is 0 Å². The van der Waals surface area contributed by atoms with Crippen LogP contribution in [0.15, 0.2) is 59.5 Å². The summed E-state index contributed by atoms with van der Waals surface area (Å²) in [7, 11) is 0. The third kappa shape index (κ3) is 8.64. The summed E-state index contributed by atoms with van der Waals surface area (Å²) in [5.74, 6) is -1.19. The van der Waals surface area contributed by atoms with Gasteiger partial charge in [0.2, 0.25) is 0 Å². The van der Waals surface area contributed by atoms with Crippen molar-refractivity contribution in [2.45, 2.75) is 10.4 Å². The van der Waals surface area contributed by atoms with Crippen LogP contribution in [0, 0.1) is 0 Å². The highest BCUT2D eigenvalue weighted by molar-refractivity contribution is 8.00. The van der Waals surface area contributed by atoms with Crippen LogP contribution in [0.4, 0.5) is 13.2 Å². The molecule has 0 unspecified atom stereocenters. The lowest BCUT2D eigenvalue weighted by Gasteiger charge is -2.05. The van der Waals surface area contributed by atoms with Gasteiger partial charge in [-0.05, 0) is 59.3 Å². The Hall–Kier alpha value is -2.42. The Morgan fingerprint density at radius 1 is 0.828 bits per heavy atom. The van der Waals surface area contributed by atoms with Gasteiger partial charge in [-0.15, -0.1) is 0 Å². The van der Waals surface area contributed by atoms with Crippen molar-refractivity contribution in [2.24, 2.45) is 0 Å². The first-order chi connectivity index (χ1) is 13.6. The van der Waals surface area contributed by atoms with Crippen molar-refractivity contribution < 1.29 is 22.8 Å². The van der Waals surface area contributed by atoms with Gasteiger partial charge in [0, 0.05) is 17.0 Å². The average Bonchev–Trinajstić information content (AvgIpc) is 2.65. The Morgan fingerprint density at radius 3 is 1.86 bits per heavy atom. The molecule has 29 heavy (non-hydrogen) atoms. The molecule has 2 N–H and O–H groups in total. The summed E-state index contributed by atoms with van der Waals surface area (Å²) < 4.78 is 36.8. The van der Waals surface area contributed by atoms with Gasteiger partial charge in [-0.1, -0.05) is 41.4 Å². The average molecular weight is 461 g/mol. The summed E-state index contributed by atoms with van der Waals surface area (Å²) in [6.45, 7) is 0. The first-order valence-corrected chi connectivity index (χ1v) is 9.46. The molecule has 0 atom stereocenters. The van der Waals surface area contributed by atoms with Crippen molar-refractivity contribution in [1.29, 1.82) is 0 Å². The molecule has 0 radical (unpaired) electrons. The molecule has 0 aliphatic heterocycles. The molecule has 0 aromatic heterocycles. The van der Waals surface area contributed by atoms with Crippen LogP contribution in [-0.4, -0.2) is 17.3 Å². The van der Waals surface area contributed by atoms with E-state index in [1.54, 1.807) is 18.2 Å². The van der Waals surface area contributed by atoms with Crippen LogP contribution in [0.3, 0.4) is 0 Å². The van der Waals surface area contributed by atoms with E-state index in [-0.39, 0.29) is 16.7 Å². The highest BCUT2D eigenvalue weighted by Crippen LogP contribution is 2.36. The monoisotopic (exact) mass is 460 g/mol. The predicted molar refractivity (Wildman–Crippen MR) is 109 cm³/mol. The minimum atomic E-state index is -4.36. The van der Waals surface area contributed by atoms with E-state index in [1.165, 1.54) is 42.5 Å². The van der Waals surface area contributed by atoms with Gasteiger partial charge >= 0.3 is 5.51 Å². The van der Waals surface area contributed by atoms with E-state index in [1.807, 2.05) is 0 Å². The second-order valence-corrected chi connectivity index (χ2v) is 7.39. The van der Waals surface area contributed by atoms with Gasteiger partial charge in [0.05, 0.1) is 10.0 Å². The van der Waals surface area contributed by atoms with E-state index in [0.717, 1.165) is 6.08 Å². The van der Waals surface area contributed by atoms with Crippen LogP contribution >= 0.6 is 35.0 Å². The van der Waals surface area contributed by atoms with Gasteiger partial charge in [-0.25, -0.2) is 0 Å². The number of halogens is 5. The lowest BCUT2D eigenvalue weighted by Crippen LogP contribution is -2.39. The second kappa shape index (κ2) is 10.4. The maximum atomic E-state index is 12.3. The third-order valence-electron chi connectivity index (χ3n) is 3.22. The first-order valence-electron chi connectivity index (χ1n) is 7.89. The Labute approximate surface area is 178 Å². The number of thioether (sulfide) groups is 1. The number of benzene rings is 2. The zero-order valence-electron chi connectivity index (χ0n) is 14.5. The van der Waals surface area contributed by atoms with Crippen molar-refractivity contribution in [3.8, 4) is 0 Å². The molecule has 0 bridgehead atoms. The predicted octanol–water partition coefficient (Wildman–Crippen LogP) is 5.48. The Balaban J connectivity index is 1.81. The van der Waals surface area contributed by atoms with Crippen molar-refractivity contribution >= 4 is 58.9 Å². The molecule has 152 valence electrons. The SMILES string of the molecule is O=C(/C=C/c1ccc(SC(F)(F)F)cc1)NNC(=O)/C=C/c1ccc(Cl)c(Cl)c1. The number of amides is 2. The fourth-order valence-corrected chi connectivity index (χ4v) is 2.79. The van der Waals surface area contributed by atoms with Gasteiger partial charge < -0.3 is 0 Å². The van der Waals surface area contributed by atoms with Crippen molar-refractivity contribution in [2.75, 3.05) is 0 Å². The van der Waals surface area contributed by atoms with E-state index in [4.69, 9.17) is 23.2 Å². The molecular formula is C19H13Cl2F3N2O2S. The van der Waals surface area contributed by atoms with Crippen LogP contribution in [0.25, 0.3) is 12.2 Å². The van der Waals surface area contributed by atoms with Crippen LogP contribution < -0.4 is 10.9 Å². The molecule has 10 heteroatoms. The molecule has 0 heterocycles. The summed E-state index contributed by atoms with van der Waals surface area (Å²) in [6, 6.07) is 10.3. The molecule has 4 nitrogen and oxygen atoms in total. The molecule has 0 saturated heterocycles. The fourth-order valence-electron chi connectivity index (χ4n) is 1.95. The quantitative estimate of drug-likeness (QED) is 0.352. The van der Waals surface area contributed by atoms with Gasteiger partial charge in [0.25, 0.3) is 11.8 Å². The molecule has 2 amide bonds. The number of nitrogens with one attached hydrogen (secondary N) is 2. The summed E-state index contributed by atoms with van der Waals surface area (Å²) in [6.07, 6.45) is 5.21. The highest BCUT2D eigenvalue weighted by atomic mass is 35.5. The fraction of sp³-hybridized carbons (Fsp3) is 0.0526. The van der Waals surface area contributed by atoms with Crippen molar-refractivity contribution in [3.05, 3.63) is 75.8 Å². The summed E-state index contributed by atoms with van der Waals surface area (Å²) in [5.41, 5.74) is 1.18. The van der Waals surface area contributed by atoms with E-state index in [2.05, 4.69) is 10.9 Å². The Bertz CT molecular complexity index is 945. The van der Waals surface area contributed by atoms with Crippen LogP contribution in [0.1, 0.15) is 11.1 Å². The zero-order valence-corrected chi connectivity index (χ0v) is 16.8. The molecule has 0 aliphatic carbocycles. The topological polar surface area (TPSA) is 58.2 Å². The number of rotatable bonds is 5. The summed E-state index contributed by atoms with van der Waals surface area (Å²) in [4.78, 5) is 23.5. The Morgan fingerprint density at radius 2 is 1.34 bits per heavy atom. The maximum Gasteiger partial charge on any atom is 0.446 e. The molecule has 0 saturated carbocycles. The zero-order chi connectivity index (χ0) is 21.4. The summed E-state index contributed by atoms with van der Waals surface area (Å²) >= 11 is 11.4. The molecule has 0 fully saturated rings. The molecule has 0 spiro atoms. The van der Waals surface area contributed by atoms with Gasteiger partial charge in [0.1, 0.15) is 0 Å². The molecule has 2 aromatic rings. The standard InChI is InChI=1S/C19H13Cl2F3N2O2S/c20-15-8-3-13(11-16(15)21)5-10-18(28)26-25-17(27)9-4-12-1-6-14(7-2-12)29-19(22,23)24/h1-11H,(H,25,27)(H,26,28)/b9-4+,10-5+. The molecular weight excluding hydrogens is 448 g/mol. The number of carbonyl (C=O) groups is 2. The lowest BCUT2D eigenvalue weighted by atomic mass is 10.2. The molecule has 2 rings (SSSR count). The molecule has 2 aromatic carbocycles. The van der Waals surface area contributed by atoms with E-state index < -0.39 is 17.3 Å². The van der Waals surface area contributed by atoms with Crippen LogP contribution in [0.2, 0.25) is 10.0 Å². The van der Waals surface area contributed by atoms with Gasteiger partial charge in [-0.3, -0.25) is 20.4 Å². The lowest BCUT2D eigenvalue weighted by molar-refractivity contribution is -0.123. The van der Waals surface area contributed by atoms with Gasteiger partial charge in [0.15, 0.2) is 0 Å². The number of alkyl halides is 3. The smallest absolute Gasteiger partial charge is 0.268 e. The largest absolute Gasteiger partial charge is 0.446 e. The number of hydrogen-bond donors (Lipinski definition) is 2. The van der Waals surface area contributed by atoms with E-state index in [9.17, 15) is 22.8 Å². The highest BCUT2D eigenvalue weighted by Gasteiger charge is 2.28. The van der Waals surface area contributed by atoms with Crippen molar-refractivity contribution in [1.82, 2.24) is 10.9 Å². The van der Waals surface area contributed by atoms with Crippen LogP contribution in [0.5, 0.6) is 0 Å². The van der Waals surface area contributed by atoms with Gasteiger partial charge in [-0.2, -0.15) is 13.2 Å². The summed E-state index contributed by atoms with van der Waals surface area (Å²) in [5, 5.41) is 0.735. The van der Waals surface area contributed by atoms with Crippen LogP contribution in [-0.2, 0) is 9.59 Å². The number of hydrazine groups is 1. The second-order valence-electron chi connectivity index (χ2n) is 5.44. The Kier molecular flexibility index (Phi) is 8.19. The molecule has 0 aliphatic rings.